The van der Waals surface area contributed by atoms with Crippen molar-refractivity contribution >= 4 is 0 Å². The van der Waals surface area contributed by atoms with Gasteiger partial charge in [-0.15, -0.1) is 0 Å². The van der Waals surface area contributed by atoms with Crippen molar-refractivity contribution < 1.29 is 0 Å². The highest BCUT2D eigenvalue weighted by atomic mass is 14.6. The molecule has 2 aromatic rings. The van der Waals surface area contributed by atoms with Gasteiger partial charge >= 0.3 is 0 Å². The lowest BCUT2D eigenvalue weighted by Crippen LogP contribution is -2.16. The molecule has 0 aliphatic rings. The average molecular weight is 267 g/mol. The van der Waals surface area contributed by atoms with Gasteiger partial charge in [0.15, 0.2) is 0 Å². The number of rotatable bonds is 4. The summed E-state index contributed by atoms with van der Waals surface area (Å²) in [6.07, 6.45) is 1.95. The first kappa shape index (κ1) is 14.8. The molecule has 2 N–H and O–H groups in total. The van der Waals surface area contributed by atoms with E-state index in [9.17, 15) is 0 Å². The van der Waals surface area contributed by atoms with E-state index in [2.05, 4.69) is 64.1 Å². The van der Waals surface area contributed by atoms with E-state index >= 15 is 0 Å². The monoisotopic (exact) mass is 267 g/mol. The van der Waals surface area contributed by atoms with Gasteiger partial charge in [0.05, 0.1) is 0 Å². The molecule has 106 valence electrons. The Morgan fingerprint density at radius 1 is 1.00 bits per heavy atom. The highest BCUT2D eigenvalue weighted by molar-refractivity contribution is 5.39. The van der Waals surface area contributed by atoms with Crippen LogP contribution in [-0.4, -0.2) is 0 Å². The number of hydrogen-bond donors (Lipinski definition) is 1. The minimum absolute atomic E-state index is 0.0752. The van der Waals surface area contributed by atoms with Gasteiger partial charge in [-0.2, -0.15) is 0 Å². The molecule has 0 aliphatic heterocycles. The molecule has 0 aromatic heterocycles. The fourth-order valence-corrected chi connectivity index (χ4v) is 3.08. The van der Waals surface area contributed by atoms with E-state index in [1.807, 2.05) is 0 Å². The van der Waals surface area contributed by atoms with Gasteiger partial charge in [0.1, 0.15) is 0 Å². The second-order valence-corrected chi connectivity index (χ2v) is 5.74. The molecule has 0 radical (unpaired) electrons. The van der Waals surface area contributed by atoms with E-state index < -0.39 is 0 Å². The Bertz CT molecular complexity index is 575. The number of hydrogen-bond acceptors (Lipinski definition) is 1. The summed E-state index contributed by atoms with van der Waals surface area (Å²) in [4.78, 5) is 0. The summed E-state index contributed by atoms with van der Waals surface area (Å²) in [6, 6.07) is 13.1. The zero-order chi connectivity index (χ0) is 14.7. The highest BCUT2D eigenvalue weighted by Crippen LogP contribution is 2.25. The van der Waals surface area contributed by atoms with Crippen molar-refractivity contribution in [3.8, 4) is 0 Å². The molecule has 1 heteroatoms. The summed E-state index contributed by atoms with van der Waals surface area (Å²) < 4.78 is 0. The van der Waals surface area contributed by atoms with Crippen molar-refractivity contribution in [1.29, 1.82) is 0 Å². The second kappa shape index (κ2) is 6.23. The molecule has 0 aliphatic carbocycles. The number of benzene rings is 2. The van der Waals surface area contributed by atoms with Crippen molar-refractivity contribution in [1.82, 2.24) is 0 Å². The van der Waals surface area contributed by atoms with E-state index in [-0.39, 0.29) is 6.04 Å². The maximum Gasteiger partial charge on any atom is 0.0338 e. The molecule has 0 bridgehead atoms. The number of nitrogens with two attached hydrogens (primary N) is 1. The van der Waals surface area contributed by atoms with Crippen LogP contribution in [0.3, 0.4) is 0 Å². The lowest BCUT2D eigenvalue weighted by Gasteiger charge is -2.19. The van der Waals surface area contributed by atoms with E-state index in [1.54, 1.807) is 0 Å². The Morgan fingerprint density at radius 3 is 2.20 bits per heavy atom. The highest BCUT2D eigenvalue weighted by Gasteiger charge is 2.13. The van der Waals surface area contributed by atoms with E-state index in [0.29, 0.717) is 0 Å². The lowest BCUT2D eigenvalue weighted by atomic mass is 9.90. The van der Waals surface area contributed by atoms with E-state index in [4.69, 9.17) is 5.73 Å². The van der Waals surface area contributed by atoms with Crippen molar-refractivity contribution in [2.45, 2.75) is 46.6 Å². The first-order valence-electron chi connectivity index (χ1n) is 7.43. The molecule has 0 amide bonds. The van der Waals surface area contributed by atoms with Gasteiger partial charge in [0, 0.05) is 6.04 Å². The maximum absolute atomic E-state index is 6.48. The van der Waals surface area contributed by atoms with Crippen molar-refractivity contribution in [2.75, 3.05) is 0 Å². The van der Waals surface area contributed by atoms with Gasteiger partial charge in [-0.3, -0.25) is 0 Å². The van der Waals surface area contributed by atoms with Crippen LogP contribution in [-0.2, 0) is 12.8 Å². The van der Waals surface area contributed by atoms with Crippen LogP contribution in [0.25, 0.3) is 0 Å². The Hall–Kier alpha value is -1.60. The summed E-state index contributed by atoms with van der Waals surface area (Å²) in [5.74, 6) is 0. The summed E-state index contributed by atoms with van der Waals surface area (Å²) in [6.45, 7) is 8.71. The molecule has 1 atom stereocenters. The molecule has 2 rings (SSSR count). The van der Waals surface area contributed by atoms with Crippen LogP contribution in [0.4, 0.5) is 0 Å². The minimum atomic E-state index is 0.0752. The second-order valence-electron chi connectivity index (χ2n) is 5.74. The Labute approximate surface area is 122 Å². The standard InChI is InChI=1S/C19H25N/c1-5-16-8-6-7-9-17(16)19(20)12-18-14(3)10-13(2)11-15(18)4/h6-11,19H,5,12,20H2,1-4H3. The van der Waals surface area contributed by atoms with Crippen LogP contribution in [0.1, 0.15) is 46.3 Å². The topological polar surface area (TPSA) is 26.0 Å². The summed E-state index contributed by atoms with van der Waals surface area (Å²) in [5, 5.41) is 0. The molecule has 1 unspecified atom stereocenters. The SMILES string of the molecule is CCc1ccccc1C(N)Cc1c(C)cc(C)cc1C. The van der Waals surface area contributed by atoms with Crippen molar-refractivity contribution in [3.63, 3.8) is 0 Å². The minimum Gasteiger partial charge on any atom is -0.324 e. The summed E-state index contributed by atoms with van der Waals surface area (Å²) in [5.41, 5.74) is 14.6. The smallest absolute Gasteiger partial charge is 0.0338 e. The molecule has 0 saturated heterocycles. The zero-order valence-electron chi connectivity index (χ0n) is 13.0. The fraction of sp³-hybridized carbons (Fsp3) is 0.368. The van der Waals surface area contributed by atoms with Gasteiger partial charge in [0.25, 0.3) is 0 Å². The van der Waals surface area contributed by atoms with Crippen molar-refractivity contribution in [2.24, 2.45) is 5.73 Å². The third-order valence-electron chi connectivity index (χ3n) is 4.10. The van der Waals surface area contributed by atoms with Crippen LogP contribution >= 0.6 is 0 Å². The largest absolute Gasteiger partial charge is 0.324 e. The third kappa shape index (κ3) is 3.10. The molecular formula is C19H25N. The lowest BCUT2D eigenvalue weighted by molar-refractivity contribution is 0.706. The Balaban J connectivity index is 2.30. The van der Waals surface area contributed by atoms with Crippen LogP contribution in [0.5, 0.6) is 0 Å². The maximum atomic E-state index is 6.48. The molecule has 0 heterocycles. The van der Waals surface area contributed by atoms with Crippen LogP contribution < -0.4 is 5.73 Å². The summed E-state index contributed by atoms with van der Waals surface area (Å²) >= 11 is 0. The Kier molecular flexibility index (Phi) is 4.61. The predicted octanol–water partition coefficient (Wildman–Crippen LogP) is 4.42. The molecular weight excluding hydrogens is 242 g/mol. The quantitative estimate of drug-likeness (QED) is 0.872. The number of aryl methyl sites for hydroxylation is 4. The molecule has 20 heavy (non-hydrogen) atoms. The van der Waals surface area contributed by atoms with Gasteiger partial charge in [-0.25, -0.2) is 0 Å². The van der Waals surface area contributed by atoms with Gasteiger partial charge in [-0.1, -0.05) is 48.9 Å². The molecule has 2 aromatic carbocycles. The van der Waals surface area contributed by atoms with Crippen LogP contribution in [0, 0.1) is 20.8 Å². The fourth-order valence-electron chi connectivity index (χ4n) is 3.08. The van der Waals surface area contributed by atoms with E-state index in [1.165, 1.54) is 33.4 Å². The third-order valence-corrected chi connectivity index (χ3v) is 4.10. The van der Waals surface area contributed by atoms with Crippen LogP contribution in [0.15, 0.2) is 36.4 Å². The van der Waals surface area contributed by atoms with Crippen LogP contribution in [0.2, 0.25) is 0 Å². The molecule has 0 saturated carbocycles. The normalized spacial score (nSPS) is 12.4. The van der Waals surface area contributed by atoms with E-state index in [0.717, 1.165) is 12.8 Å². The molecule has 1 nitrogen and oxygen atoms in total. The molecule has 0 spiro atoms. The van der Waals surface area contributed by atoms with Crippen molar-refractivity contribution in [3.05, 3.63) is 69.8 Å². The van der Waals surface area contributed by atoms with Gasteiger partial charge in [-0.05, 0) is 61.4 Å². The first-order chi connectivity index (χ1) is 9.52. The average Bonchev–Trinajstić information content (AvgIpc) is 2.42. The first-order valence-corrected chi connectivity index (χ1v) is 7.43. The van der Waals surface area contributed by atoms with Gasteiger partial charge in [0.2, 0.25) is 0 Å². The predicted molar refractivity (Wildman–Crippen MR) is 87.1 cm³/mol. The van der Waals surface area contributed by atoms with Gasteiger partial charge < -0.3 is 5.73 Å². The summed E-state index contributed by atoms with van der Waals surface area (Å²) in [7, 11) is 0. The Morgan fingerprint density at radius 2 is 1.60 bits per heavy atom. The zero-order valence-corrected chi connectivity index (χ0v) is 13.0. The molecule has 0 fully saturated rings.